The van der Waals surface area contributed by atoms with Gasteiger partial charge in [-0.05, 0) is 23.9 Å². The summed E-state index contributed by atoms with van der Waals surface area (Å²) in [6.45, 7) is 2.82. The molecule has 0 amide bonds. The zero-order chi connectivity index (χ0) is 10.7. The maximum Gasteiger partial charge on any atom is 0.128 e. The molecular formula is C13H13ClO. The van der Waals surface area contributed by atoms with E-state index in [9.17, 15) is 0 Å². The molecule has 1 nitrogen and oxygen atoms in total. The third kappa shape index (κ3) is 2.24. The molecule has 0 N–H and O–H groups in total. The molecule has 0 aliphatic rings. The van der Waals surface area contributed by atoms with Gasteiger partial charge in [0.05, 0.1) is 6.61 Å². The maximum absolute atomic E-state index is 6.02. The second kappa shape index (κ2) is 4.54. The number of fused-ring (bicyclic) bond motifs is 1. The van der Waals surface area contributed by atoms with E-state index in [-0.39, 0.29) is 0 Å². The van der Waals surface area contributed by atoms with Crippen molar-refractivity contribution in [1.82, 2.24) is 0 Å². The van der Waals surface area contributed by atoms with Crippen LogP contribution in [0, 0.1) is 0 Å². The molecule has 0 heterocycles. The molecule has 0 aliphatic heterocycles. The first-order chi connectivity index (χ1) is 7.31. The van der Waals surface area contributed by atoms with Gasteiger partial charge in [0.25, 0.3) is 0 Å². The molecule has 0 atom stereocenters. The van der Waals surface area contributed by atoms with Crippen molar-refractivity contribution >= 4 is 22.4 Å². The minimum absolute atomic E-state index is 0.722. The molecule has 2 heteroatoms. The number of ether oxygens (including phenoxy) is 1. The van der Waals surface area contributed by atoms with Crippen LogP contribution in [0.15, 0.2) is 36.4 Å². The predicted octanol–water partition coefficient (Wildman–Crippen LogP) is 4.28. The van der Waals surface area contributed by atoms with Crippen LogP contribution in [0.5, 0.6) is 5.75 Å². The fourth-order valence-electron chi connectivity index (χ4n) is 1.57. The molecule has 0 saturated heterocycles. The van der Waals surface area contributed by atoms with Crippen LogP contribution in [0.2, 0.25) is 5.02 Å². The Hall–Kier alpha value is -1.21. The van der Waals surface area contributed by atoms with Gasteiger partial charge in [-0.1, -0.05) is 42.8 Å². The van der Waals surface area contributed by atoms with Crippen LogP contribution in [0.3, 0.4) is 0 Å². The zero-order valence-corrected chi connectivity index (χ0v) is 9.42. The summed E-state index contributed by atoms with van der Waals surface area (Å²) in [5, 5.41) is 2.96. The summed E-state index contributed by atoms with van der Waals surface area (Å²) < 4.78 is 5.66. The minimum atomic E-state index is 0.722. The standard InChI is InChI=1S/C13H13ClO/c1-2-7-15-13-9-11(14)8-10-5-3-4-6-12(10)13/h3-6,8-9H,2,7H2,1H3. The molecule has 0 radical (unpaired) electrons. The second-order valence-electron chi connectivity index (χ2n) is 3.47. The Labute approximate surface area is 94.6 Å². The lowest BCUT2D eigenvalue weighted by Crippen LogP contribution is -1.95. The van der Waals surface area contributed by atoms with Crippen molar-refractivity contribution in [2.45, 2.75) is 13.3 Å². The SMILES string of the molecule is CCCOc1cc(Cl)cc2ccccc12. The van der Waals surface area contributed by atoms with E-state index in [4.69, 9.17) is 16.3 Å². The molecule has 0 spiro atoms. The molecule has 0 saturated carbocycles. The topological polar surface area (TPSA) is 9.23 Å². The van der Waals surface area contributed by atoms with Crippen molar-refractivity contribution in [2.24, 2.45) is 0 Å². The minimum Gasteiger partial charge on any atom is -0.493 e. The lowest BCUT2D eigenvalue weighted by Gasteiger charge is -2.08. The van der Waals surface area contributed by atoms with Crippen molar-refractivity contribution in [3.05, 3.63) is 41.4 Å². The number of rotatable bonds is 3. The lowest BCUT2D eigenvalue weighted by atomic mass is 10.1. The van der Waals surface area contributed by atoms with E-state index in [1.54, 1.807) is 0 Å². The van der Waals surface area contributed by atoms with Crippen molar-refractivity contribution in [1.29, 1.82) is 0 Å². The van der Waals surface area contributed by atoms with Crippen LogP contribution in [0.4, 0.5) is 0 Å². The molecule has 0 aliphatic carbocycles. The number of halogens is 1. The summed E-state index contributed by atoms with van der Waals surface area (Å²) in [6, 6.07) is 11.9. The third-order valence-electron chi connectivity index (χ3n) is 2.25. The number of benzene rings is 2. The van der Waals surface area contributed by atoms with Crippen LogP contribution in [-0.2, 0) is 0 Å². The lowest BCUT2D eigenvalue weighted by molar-refractivity contribution is 0.321. The fraction of sp³-hybridized carbons (Fsp3) is 0.231. The highest BCUT2D eigenvalue weighted by Gasteiger charge is 2.03. The monoisotopic (exact) mass is 220 g/mol. The van der Waals surface area contributed by atoms with Gasteiger partial charge in [-0.2, -0.15) is 0 Å². The highest BCUT2D eigenvalue weighted by Crippen LogP contribution is 2.29. The quantitative estimate of drug-likeness (QED) is 0.750. The second-order valence-corrected chi connectivity index (χ2v) is 3.91. The summed E-state index contributed by atoms with van der Waals surface area (Å²) >= 11 is 6.02. The van der Waals surface area contributed by atoms with E-state index in [1.807, 2.05) is 30.3 Å². The summed E-state index contributed by atoms with van der Waals surface area (Å²) in [4.78, 5) is 0. The average molecular weight is 221 g/mol. The van der Waals surface area contributed by atoms with E-state index in [0.717, 1.165) is 34.6 Å². The molecule has 0 unspecified atom stereocenters. The van der Waals surface area contributed by atoms with Crippen LogP contribution in [-0.4, -0.2) is 6.61 Å². The van der Waals surface area contributed by atoms with Gasteiger partial charge in [0.1, 0.15) is 5.75 Å². The summed E-state index contributed by atoms with van der Waals surface area (Å²) in [6.07, 6.45) is 1.00. The van der Waals surface area contributed by atoms with Crippen molar-refractivity contribution in [3.63, 3.8) is 0 Å². The largest absolute Gasteiger partial charge is 0.493 e. The fourth-order valence-corrected chi connectivity index (χ4v) is 1.79. The average Bonchev–Trinajstić information content (AvgIpc) is 2.25. The zero-order valence-electron chi connectivity index (χ0n) is 8.66. The Morgan fingerprint density at radius 1 is 1.20 bits per heavy atom. The molecule has 2 aromatic rings. The van der Waals surface area contributed by atoms with E-state index < -0.39 is 0 Å². The summed E-state index contributed by atoms with van der Waals surface area (Å²) in [5.41, 5.74) is 0. The Bertz CT molecular complexity index is 465. The van der Waals surface area contributed by atoms with Gasteiger partial charge in [0.2, 0.25) is 0 Å². The molecule has 0 fully saturated rings. The highest BCUT2D eigenvalue weighted by molar-refractivity contribution is 6.31. The van der Waals surface area contributed by atoms with E-state index in [0.29, 0.717) is 0 Å². The first kappa shape index (κ1) is 10.3. The predicted molar refractivity (Wildman–Crippen MR) is 64.7 cm³/mol. The van der Waals surface area contributed by atoms with Gasteiger partial charge >= 0.3 is 0 Å². The first-order valence-corrected chi connectivity index (χ1v) is 5.50. The van der Waals surface area contributed by atoms with Gasteiger partial charge in [-0.3, -0.25) is 0 Å². The van der Waals surface area contributed by atoms with E-state index in [1.165, 1.54) is 0 Å². The van der Waals surface area contributed by atoms with Gasteiger partial charge in [0.15, 0.2) is 0 Å². The Balaban J connectivity index is 2.50. The molecule has 78 valence electrons. The first-order valence-electron chi connectivity index (χ1n) is 5.12. The molecule has 2 aromatic carbocycles. The van der Waals surface area contributed by atoms with Gasteiger partial charge < -0.3 is 4.74 Å². The van der Waals surface area contributed by atoms with E-state index >= 15 is 0 Å². The smallest absolute Gasteiger partial charge is 0.128 e. The highest BCUT2D eigenvalue weighted by atomic mass is 35.5. The van der Waals surface area contributed by atoms with Crippen LogP contribution in [0.1, 0.15) is 13.3 Å². The van der Waals surface area contributed by atoms with E-state index in [2.05, 4.69) is 13.0 Å². The molecular weight excluding hydrogens is 208 g/mol. The molecule has 0 bridgehead atoms. The summed E-state index contributed by atoms with van der Waals surface area (Å²) in [7, 11) is 0. The van der Waals surface area contributed by atoms with Crippen molar-refractivity contribution in [2.75, 3.05) is 6.61 Å². The van der Waals surface area contributed by atoms with Crippen LogP contribution >= 0.6 is 11.6 Å². The van der Waals surface area contributed by atoms with Gasteiger partial charge in [-0.15, -0.1) is 0 Å². The Morgan fingerprint density at radius 3 is 2.80 bits per heavy atom. The normalized spacial score (nSPS) is 10.5. The van der Waals surface area contributed by atoms with Gasteiger partial charge in [0, 0.05) is 10.4 Å². The number of hydrogen-bond donors (Lipinski definition) is 0. The Morgan fingerprint density at radius 2 is 2.00 bits per heavy atom. The number of hydrogen-bond acceptors (Lipinski definition) is 1. The molecule has 2 rings (SSSR count). The molecule has 15 heavy (non-hydrogen) atoms. The Kier molecular flexibility index (Phi) is 3.12. The van der Waals surface area contributed by atoms with Crippen LogP contribution in [0.25, 0.3) is 10.8 Å². The van der Waals surface area contributed by atoms with Crippen molar-refractivity contribution in [3.8, 4) is 5.75 Å². The summed E-state index contributed by atoms with van der Waals surface area (Å²) in [5.74, 6) is 0.875. The molecule has 0 aromatic heterocycles. The van der Waals surface area contributed by atoms with Crippen LogP contribution < -0.4 is 4.74 Å². The van der Waals surface area contributed by atoms with Crippen molar-refractivity contribution < 1.29 is 4.74 Å². The van der Waals surface area contributed by atoms with Gasteiger partial charge in [-0.25, -0.2) is 0 Å². The maximum atomic E-state index is 6.02. The third-order valence-corrected chi connectivity index (χ3v) is 2.47.